The Balaban J connectivity index is 1.92. The molecule has 1 aliphatic rings. The third-order valence-corrected chi connectivity index (χ3v) is 5.28. The van der Waals surface area contributed by atoms with E-state index in [-0.39, 0.29) is 12.2 Å². The summed E-state index contributed by atoms with van der Waals surface area (Å²) in [7, 11) is 0. The molecule has 2 aromatic rings. The van der Waals surface area contributed by atoms with Crippen LogP contribution in [0.2, 0.25) is 10.0 Å². The average molecular weight is 327 g/mol. The van der Waals surface area contributed by atoms with Crippen molar-refractivity contribution in [3.63, 3.8) is 0 Å². The van der Waals surface area contributed by atoms with Crippen molar-refractivity contribution in [2.75, 3.05) is 6.61 Å². The number of halogens is 2. The zero-order chi connectivity index (χ0) is 14.3. The third-order valence-electron chi connectivity index (χ3n) is 3.33. The van der Waals surface area contributed by atoms with Crippen molar-refractivity contribution in [3.05, 3.63) is 49.1 Å². The number of fused-ring (bicyclic) bond motifs is 1. The first kappa shape index (κ1) is 13.9. The van der Waals surface area contributed by atoms with Gasteiger partial charge in [0.25, 0.3) is 0 Å². The number of thiophene rings is 1. The summed E-state index contributed by atoms with van der Waals surface area (Å²) in [4.78, 5) is 13.0. The first-order valence-electron chi connectivity index (χ1n) is 6.27. The van der Waals surface area contributed by atoms with Crippen molar-refractivity contribution in [2.45, 2.75) is 19.8 Å². The van der Waals surface area contributed by atoms with Gasteiger partial charge < -0.3 is 4.74 Å². The third kappa shape index (κ3) is 2.46. The highest BCUT2D eigenvalue weighted by atomic mass is 35.5. The fraction of sp³-hybridized carbons (Fsp3) is 0.267. The molecule has 0 N–H and O–H groups in total. The van der Waals surface area contributed by atoms with E-state index in [2.05, 4.69) is 0 Å². The Labute approximate surface area is 131 Å². The minimum absolute atomic E-state index is 0.00747. The molecule has 2 nitrogen and oxygen atoms in total. The molecule has 0 saturated carbocycles. The van der Waals surface area contributed by atoms with Gasteiger partial charge in [-0.3, -0.25) is 4.79 Å². The van der Waals surface area contributed by atoms with E-state index in [1.807, 2.05) is 18.4 Å². The summed E-state index contributed by atoms with van der Waals surface area (Å²) in [5.74, 6) is 0.820. The lowest BCUT2D eigenvalue weighted by Crippen LogP contribution is -2.04. The molecule has 3 rings (SSSR count). The number of ketones is 1. The zero-order valence-electron chi connectivity index (χ0n) is 10.8. The summed E-state index contributed by atoms with van der Waals surface area (Å²) >= 11 is 13.6. The molecule has 0 atom stereocenters. The maximum absolute atomic E-state index is 12.4. The summed E-state index contributed by atoms with van der Waals surface area (Å²) in [5, 5.41) is 3.10. The van der Waals surface area contributed by atoms with Crippen LogP contribution < -0.4 is 4.74 Å². The monoisotopic (exact) mass is 326 g/mol. The van der Waals surface area contributed by atoms with Gasteiger partial charge in [0.1, 0.15) is 5.75 Å². The van der Waals surface area contributed by atoms with Gasteiger partial charge in [-0.2, -0.15) is 0 Å². The van der Waals surface area contributed by atoms with Crippen molar-refractivity contribution >= 4 is 40.3 Å². The lowest BCUT2D eigenvalue weighted by Gasteiger charge is -2.08. The number of Topliss-reactive ketones (excluding diaryl/α,β-unsaturated/α-hetero) is 1. The van der Waals surface area contributed by atoms with Crippen molar-refractivity contribution < 1.29 is 9.53 Å². The molecule has 104 valence electrons. The van der Waals surface area contributed by atoms with Gasteiger partial charge in [0.2, 0.25) is 0 Å². The molecule has 5 heteroatoms. The lowest BCUT2D eigenvalue weighted by atomic mass is 10.0. The number of carbonyl (C=O) groups excluding carboxylic acids is 1. The van der Waals surface area contributed by atoms with Gasteiger partial charge in [-0.05, 0) is 35.6 Å². The van der Waals surface area contributed by atoms with Gasteiger partial charge in [0.05, 0.1) is 16.5 Å². The predicted octanol–water partition coefficient (Wildman–Crippen LogP) is 4.72. The normalized spacial score (nSPS) is 13.2. The molecule has 1 aromatic heterocycles. The van der Waals surface area contributed by atoms with Crippen LogP contribution in [0.3, 0.4) is 0 Å². The molecule has 0 aliphatic carbocycles. The average Bonchev–Trinajstić information content (AvgIpc) is 2.97. The lowest BCUT2D eigenvalue weighted by molar-refractivity contribution is 0.0996. The van der Waals surface area contributed by atoms with E-state index in [4.69, 9.17) is 27.9 Å². The van der Waals surface area contributed by atoms with Crippen molar-refractivity contribution in [1.29, 1.82) is 0 Å². The second kappa shape index (κ2) is 5.40. The number of benzene rings is 1. The Morgan fingerprint density at radius 2 is 2.20 bits per heavy atom. The number of rotatable bonds is 3. The van der Waals surface area contributed by atoms with Gasteiger partial charge >= 0.3 is 0 Å². The van der Waals surface area contributed by atoms with Gasteiger partial charge in [-0.15, -0.1) is 11.3 Å². The van der Waals surface area contributed by atoms with E-state index in [0.717, 1.165) is 28.9 Å². The second-order valence-corrected chi connectivity index (χ2v) is 6.51. The van der Waals surface area contributed by atoms with Crippen LogP contribution >= 0.6 is 34.5 Å². The van der Waals surface area contributed by atoms with Crippen molar-refractivity contribution in [1.82, 2.24) is 0 Å². The van der Waals surface area contributed by atoms with Crippen LogP contribution in [0.5, 0.6) is 5.75 Å². The van der Waals surface area contributed by atoms with E-state index < -0.39 is 0 Å². The van der Waals surface area contributed by atoms with Crippen LogP contribution in [0, 0.1) is 6.92 Å². The number of carbonyl (C=O) groups is 1. The molecule has 0 radical (unpaired) electrons. The fourth-order valence-corrected chi connectivity index (χ4v) is 3.85. The highest BCUT2D eigenvalue weighted by molar-refractivity contribution is 7.13. The largest absolute Gasteiger partial charge is 0.493 e. The minimum Gasteiger partial charge on any atom is -0.493 e. The molecule has 0 bridgehead atoms. The molecule has 1 aliphatic heterocycles. The predicted molar refractivity (Wildman–Crippen MR) is 82.8 cm³/mol. The Kier molecular flexibility index (Phi) is 3.76. The minimum atomic E-state index is 0.00747. The topological polar surface area (TPSA) is 26.3 Å². The van der Waals surface area contributed by atoms with Gasteiger partial charge in [-0.25, -0.2) is 0 Å². The molecule has 20 heavy (non-hydrogen) atoms. The van der Waals surface area contributed by atoms with E-state index >= 15 is 0 Å². The maximum atomic E-state index is 12.4. The fourth-order valence-electron chi connectivity index (χ4n) is 2.35. The van der Waals surface area contributed by atoms with E-state index in [1.165, 1.54) is 11.3 Å². The Hall–Kier alpha value is -1.03. The first-order valence-corrected chi connectivity index (χ1v) is 7.90. The quantitative estimate of drug-likeness (QED) is 0.762. The SMILES string of the molecule is Cc1csc(C(=O)Cc2cc(Cl)cc3c2OCC3)c1Cl. The van der Waals surface area contributed by atoms with E-state index in [9.17, 15) is 4.79 Å². The Morgan fingerprint density at radius 1 is 1.40 bits per heavy atom. The molecule has 1 aromatic carbocycles. The van der Waals surface area contributed by atoms with Crippen LogP contribution in [0.25, 0.3) is 0 Å². The second-order valence-electron chi connectivity index (χ2n) is 4.81. The number of aryl methyl sites for hydroxylation is 1. The smallest absolute Gasteiger partial charge is 0.178 e. The highest BCUT2D eigenvalue weighted by Gasteiger charge is 2.21. The Morgan fingerprint density at radius 3 is 2.90 bits per heavy atom. The maximum Gasteiger partial charge on any atom is 0.178 e. The molecule has 0 saturated heterocycles. The summed E-state index contributed by atoms with van der Waals surface area (Å²) in [6.45, 7) is 2.55. The van der Waals surface area contributed by atoms with Crippen molar-refractivity contribution in [3.8, 4) is 5.75 Å². The summed E-state index contributed by atoms with van der Waals surface area (Å²) in [5.41, 5.74) is 2.86. The summed E-state index contributed by atoms with van der Waals surface area (Å²) in [6, 6.07) is 3.71. The number of ether oxygens (including phenoxy) is 1. The Bertz CT molecular complexity index is 691. The van der Waals surface area contributed by atoms with Crippen LogP contribution in [0.4, 0.5) is 0 Å². The summed E-state index contributed by atoms with van der Waals surface area (Å²) < 4.78 is 5.62. The van der Waals surface area contributed by atoms with Crippen LogP contribution in [-0.2, 0) is 12.8 Å². The zero-order valence-corrected chi connectivity index (χ0v) is 13.2. The molecule has 0 fully saturated rings. The van der Waals surface area contributed by atoms with Gasteiger partial charge in [-0.1, -0.05) is 23.2 Å². The van der Waals surface area contributed by atoms with E-state index in [1.54, 1.807) is 6.07 Å². The molecule has 0 amide bonds. The number of hydrogen-bond acceptors (Lipinski definition) is 3. The highest BCUT2D eigenvalue weighted by Crippen LogP contribution is 2.35. The van der Waals surface area contributed by atoms with Crippen LogP contribution in [0.15, 0.2) is 17.5 Å². The standard InChI is InChI=1S/C15H12Cl2O2S/c1-8-7-20-15(13(8)17)12(18)6-10-5-11(16)4-9-2-3-19-14(9)10/h4-5,7H,2-3,6H2,1H3. The van der Waals surface area contributed by atoms with Gasteiger partial charge in [0.15, 0.2) is 5.78 Å². The molecular weight excluding hydrogens is 315 g/mol. The van der Waals surface area contributed by atoms with E-state index in [0.29, 0.717) is 21.5 Å². The van der Waals surface area contributed by atoms with Crippen LogP contribution in [0.1, 0.15) is 26.4 Å². The molecular formula is C15H12Cl2O2S. The van der Waals surface area contributed by atoms with Gasteiger partial charge in [0, 0.05) is 23.4 Å². The first-order chi connectivity index (χ1) is 9.56. The molecule has 2 heterocycles. The van der Waals surface area contributed by atoms with Crippen LogP contribution in [-0.4, -0.2) is 12.4 Å². The van der Waals surface area contributed by atoms with Crippen molar-refractivity contribution in [2.24, 2.45) is 0 Å². The molecule has 0 spiro atoms. The molecule has 0 unspecified atom stereocenters. The number of hydrogen-bond donors (Lipinski definition) is 0. The summed E-state index contributed by atoms with van der Waals surface area (Å²) in [6.07, 6.45) is 1.11.